The number of rotatable bonds is 6. The number of amides is 1. The van der Waals surface area contributed by atoms with Crippen LogP contribution in [-0.4, -0.2) is 54.7 Å². The minimum atomic E-state index is -1.02. The molecule has 1 aromatic heterocycles. The van der Waals surface area contributed by atoms with Crippen LogP contribution in [0, 0.1) is 5.92 Å². The lowest BCUT2D eigenvalue weighted by molar-refractivity contribution is -0.173. The van der Waals surface area contributed by atoms with Gasteiger partial charge in [0, 0.05) is 41.2 Å². The molecule has 2 bridgehead atoms. The normalized spacial score (nSPS) is 28.3. The second-order valence-electron chi connectivity index (χ2n) is 13.2. The third-order valence-electron chi connectivity index (χ3n) is 11.1. The predicted molar refractivity (Wildman–Crippen MR) is 173 cm³/mol. The van der Waals surface area contributed by atoms with Gasteiger partial charge in [-0.15, -0.1) is 0 Å². The van der Waals surface area contributed by atoms with Crippen molar-refractivity contribution in [3.63, 3.8) is 0 Å². The van der Waals surface area contributed by atoms with Crippen molar-refractivity contribution in [1.29, 1.82) is 0 Å². The molecule has 4 aromatic rings. The van der Waals surface area contributed by atoms with Gasteiger partial charge in [-0.2, -0.15) is 0 Å². The Morgan fingerprint density at radius 2 is 1.91 bits per heavy atom. The van der Waals surface area contributed by atoms with E-state index in [0.717, 1.165) is 70.8 Å². The molecule has 1 saturated carbocycles. The molecule has 7 nitrogen and oxygen atoms in total. The molecule has 43 heavy (non-hydrogen) atoms. The summed E-state index contributed by atoms with van der Waals surface area (Å²) in [5.74, 6) is 1.41. The van der Waals surface area contributed by atoms with Gasteiger partial charge in [0.2, 0.25) is 5.91 Å². The zero-order chi connectivity index (χ0) is 29.1. The summed E-state index contributed by atoms with van der Waals surface area (Å²) in [5.41, 5.74) is 5.70. The van der Waals surface area contributed by atoms with Crippen molar-refractivity contribution in [3.8, 4) is 11.5 Å². The van der Waals surface area contributed by atoms with E-state index in [2.05, 4.69) is 73.8 Å². The number of carbonyl (C=O) groups is 1. The van der Waals surface area contributed by atoms with Crippen molar-refractivity contribution >= 4 is 45.1 Å². The van der Waals surface area contributed by atoms with Gasteiger partial charge in [0.25, 0.3) is 0 Å². The number of ether oxygens (including phenoxy) is 1. The van der Waals surface area contributed by atoms with E-state index in [0.29, 0.717) is 23.1 Å². The number of aromatic nitrogens is 1. The number of fused-ring (bicyclic) bond motifs is 4. The third kappa shape index (κ3) is 3.51. The van der Waals surface area contributed by atoms with Gasteiger partial charge in [0.1, 0.15) is 0 Å². The number of anilines is 1. The van der Waals surface area contributed by atoms with E-state index in [1.165, 1.54) is 18.4 Å². The van der Waals surface area contributed by atoms with Crippen molar-refractivity contribution < 1.29 is 19.7 Å². The number of para-hydroxylation sites is 2. The van der Waals surface area contributed by atoms with Crippen molar-refractivity contribution in [1.82, 2.24) is 9.47 Å². The lowest BCUT2D eigenvalue weighted by Crippen LogP contribution is -2.74. The Labute approximate surface area is 264 Å². The van der Waals surface area contributed by atoms with Crippen molar-refractivity contribution in [2.75, 3.05) is 22.8 Å². The average Bonchev–Trinajstić information content (AvgIpc) is 3.69. The first kappa shape index (κ1) is 26.3. The molecular weight excluding hydrogens is 653 g/mol. The summed E-state index contributed by atoms with van der Waals surface area (Å²) in [6.07, 6.45) is 4.22. The molecule has 2 fully saturated rings. The zero-order valence-corrected chi connectivity index (χ0v) is 26.0. The summed E-state index contributed by atoms with van der Waals surface area (Å²) in [4.78, 5) is 15.0. The first-order valence-electron chi connectivity index (χ1n) is 15.4. The van der Waals surface area contributed by atoms with E-state index in [-0.39, 0.29) is 17.7 Å². The molecule has 0 unspecified atom stereocenters. The molecule has 220 valence electrons. The maximum atomic E-state index is 13.2. The Bertz CT molecular complexity index is 1830. The SMILES string of the molecule is O=C(CI)Nc1ccccc1Cn1c2c(c3ccccc31)C[C@@]1(O)[C@@H]3Cc4ccc(O)c5c4[C@@]1(CCN3CC1CC1)[C@H]2O5. The molecular formula is C35H34IN3O4. The molecule has 3 aliphatic carbocycles. The van der Waals surface area contributed by atoms with Crippen LogP contribution in [0.1, 0.15) is 53.3 Å². The lowest BCUT2D eigenvalue weighted by Gasteiger charge is -2.63. The predicted octanol–water partition coefficient (Wildman–Crippen LogP) is 5.47. The number of piperidine rings is 1. The maximum Gasteiger partial charge on any atom is 0.234 e. The molecule has 0 radical (unpaired) electrons. The number of alkyl halides is 1. The van der Waals surface area contributed by atoms with Gasteiger partial charge >= 0.3 is 0 Å². The molecule has 1 amide bonds. The van der Waals surface area contributed by atoms with Crippen LogP contribution in [0.3, 0.4) is 0 Å². The van der Waals surface area contributed by atoms with Gasteiger partial charge in [-0.05, 0) is 73.0 Å². The molecule has 3 heterocycles. The van der Waals surface area contributed by atoms with Crippen LogP contribution in [0.5, 0.6) is 11.5 Å². The highest BCUT2D eigenvalue weighted by Gasteiger charge is 2.73. The van der Waals surface area contributed by atoms with Crippen LogP contribution < -0.4 is 10.1 Å². The monoisotopic (exact) mass is 687 g/mol. The van der Waals surface area contributed by atoms with Gasteiger partial charge in [-0.1, -0.05) is 65.1 Å². The largest absolute Gasteiger partial charge is 0.504 e. The molecule has 1 spiro atoms. The number of likely N-dealkylation sites (tertiary alicyclic amines) is 1. The fourth-order valence-corrected chi connectivity index (χ4v) is 9.30. The number of nitrogens with one attached hydrogen (secondary N) is 1. The summed E-state index contributed by atoms with van der Waals surface area (Å²) < 4.78 is 9.66. The second kappa shape index (κ2) is 9.22. The van der Waals surface area contributed by atoms with Crippen LogP contribution in [0.25, 0.3) is 10.9 Å². The van der Waals surface area contributed by atoms with E-state index in [1.54, 1.807) is 6.07 Å². The van der Waals surface area contributed by atoms with E-state index in [4.69, 9.17) is 4.74 Å². The number of aliphatic hydroxyl groups is 1. The fraction of sp³-hybridized carbons (Fsp3) is 0.400. The Kier molecular flexibility index (Phi) is 5.64. The number of phenolic OH excluding ortho intramolecular Hbond substituents is 1. The maximum absolute atomic E-state index is 13.2. The fourth-order valence-electron chi connectivity index (χ4n) is 9.11. The van der Waals surface area contributed by atoms with Gasteiger partial charge in [0.05, 0.1) is 27.7 Å². The van der Waals surface area contributed by atoms with E-state index >= 15 is 0 Å². The summed E-state index contributed by atoms with van der Waals surface area (Å²) in [7, 11) is 0. The number of aromatic hydroxyl groups is 1. The second-order valence-corrected chi connectivity index (χ2v) is 14.0. The molecule has 3 aromatic carbocycles. The quantitative estimate of drug-likeness (QED) is 0.185. The van der Waals surface area contributed by atoms with Crippen LogP contribution in [-0.2, 0) is 29.6 Å². The molecule has 9 rings (SSSR count). The van der Waals surface area contributed by atoms with Crippen molar-refractivity contribution in [2.24, 2.45) is 5.92 Å². The molecule has 1 saturated heterocycles. The highest BCUT2D eigenvalue weighted by molar-refractivity contribution is 14.1. The van der Waals surface area contributed by atoms with Crippen molar-refractivity contribution in [2.45, 2.75) is 61.8 Å². The van der Waals surface area contributed by atoms with Crippen molar-refractivity contribution in [3.05, 3.63) is 88.6 Å². The van der Waals surface area contributed by atoms with E-state index in [1.807, 2.05) is 18.2 Å². The van der Waals surface area contributed by atoms with Crippen LogP contribution in [0.15, 0.2) is 60.7 Å². The third-order valence-corrected chi connectivity index (χ3v) is 11.8. The number of hydrogen-bond donors (Lipinski definition) is 3. The number of carbonyl (C=O) groups excluding carboxylic acids is 1. The summed E-state index contributed by atoms with van der Waals surface area (Å²) in [6.45, 7) is 2.51. The Hall–Kier alpha value is -3.08. The molecule has 8 heteroatoms. The van der Waals surface area contributed by atoms with Gasteiger partial charge in [-0.25, -0.2) is 0 Å². The topological polar surface area (TPSA) is 87.0 Å². The average molecular weight is 688 g/mol. The minimum Gasteiger partial charge on any atom is -0.504 e. The molecule has 5 aliphatic rings. The number of nitrogens with zero attached hydrogens (tertiary/aromatic N) is 2. The smallest absolute Gasteiger partial charge is 0.234 e. The van der Waals surface area contributed by atoms with Gasteiger partial charge in [0.15, 0.2) is 17.6 Å². The van der Waals surface area contributed by atoms with Crippen LogP contribution in [0.2, 0.25) is 0 Å². The summed E-state index contributed by atoms with van der Waals surface area (Å²) in [6, 6.07) is 20.3. The highest BCUT2D eigenvalue weighted by Crippen LogP contribution is 2.69. The number of phenols is 1. The van der Waals surface area contributed by atoms with Gasteiger partial charge < -0.3 is 24.8 Å². The Morgan fingerprint density at radius 3 is 2.74 bits per heavy atom. The van der Waals surface area contributed by atoms with Crippen LogP contribution >= 0.6 is 22.6 Å². The Morgan fingerprint density at radius 1 is 1.09 bits per heavy atom. The highest BCUT2D eigenvalue weighted by atomic mass is 127. The number of hydrogen-bond acceptors (Lipinski definition) is 5. The lowest BCUT2D eigenvalue weighted by atomic mass is 9.49. The first-order valence-corrected chi connectivity index (χ1v) is 17.0. The summed E-state index contributed by atoms with van der Waals surface area (Å²) >= 11 is 2.09. The number of benzene rings is 3. The first-order chi connectivity index (χ1) is 20.9. The standard InChI is InChI=1S/C35H34IN3O4/c36-17-29(41)37-25-7-3-1-5-22(25)19-39-26-8-4-2-6-23(26)24-16-35(42)28-15-21-11-12-27(40)32-30(21)34(35,33(43-32)31(24)39)13-14-38(28)18-20-9-10-20/h1-8,11-12,20,28,33,40,42H,9-10,13-19H2,(H,37,41)/t28-,33-,34-,35+/m0/s1. The zero-order valence-electron chi connectivity index (χ0n) is 23.9. The van der Waals surface area contributed by atoms with Crippen LogP contribution in [0.4, 0.5) is 5.69 Å². The summed E-state index contributed by atoms with van der Waals surface area (Å²) in [5, 5.41) is 28.6. The minimum absolute atomic E-state index is 0.00424. The molecule has 2 aliphatic heterocycles. The molecule has 3 N–H and O–H groups in total. The van der Waals surface area contributed by atoms with E-state index in [9.17, 15) is 15.0 Å². The van der Waals surface area contributed by atoms with Gasteiger partial charge in [-0.3, -0.25) is 9.69 Å². The number of halogens is 1. The molecule has 4 atom stereocenters. The Balaban J connectivity index is 1.27. The van der Waals surface area contributed by atoms with E-state index < -0.39 is 17.1 Å².